The maximum absolute atomic E-state index is 5.71. The Morgan fingerprint density at radius 1 is 1.53 bits per heavy atom. The van der Waals surface area contributed by atoms with Gasteiger partial charge >= 0.3 is 0 Å². The molecule has 15 heavy (non-hydrogen) atoms. The molecule has 3 heteroatoms. The highest BCUT2D eigenvalue weighted by atomic mass is 15.1. The molecular weight excluding hydrogens is 186 g/mol. The molecule has 0 aromatic carbocycles. The minimum Gasteiger partial charge on any atom is -0.370 e. The summed E-state index contributed by atoms with van der Waals surface area (Å²) >= 11 is 0. The molecule has 0 aliphatic heterocycles. The number of hydrogen-bond acceptors (Lipinski definition) is 1. The van der Waals surface area contributed by atoms with Crippen LogP contribution >= 0.6 is 0 Å². The van der Waals surface area contributed by atoms with Gasteiger partial charge in [0.15, 0.2) is 5.96 Å². The Morgan fingerprint density at radius 2 is 2.33 bits per heavy atom. The van der Waals surface area contributed by atoms with Gasteiger partial charge in [0.1, 0.15) is 0 Å². The number of nitrogens with two attached hydrogens (primary N) is 1. The van der Waals surface area contributed by atoms with Crippen molar-refractivity contribution in [3.05, 3.63) is 11.6 Å². The van der Waals surface area contributed by atoms with Crippen LogP contribution in [0.1, 0.15) is 46.0 Å². The topological polar surface area (TPSA) is 50.4 Å². The molecule has 0 aromatic rings. The van der Waals surface area contributed by atoms with E-state index < -0.39 is 0 Å². The van der Waals surface area contributed by atoms with Gasteiger partial charge in [-0.3, -0.25) is 4.99 Å². The van der Waals surface area contributed by atoms with Crippen molar-refractivity contribution in [2.75, 3.05) is 6.54 Å². The maximum Gasteiger partial charge on any atom is 0.188 e. The molecule has 0 spiro atoms. The first-order valence-electron chi connectivity index (χ1n) is 5.93. The molecule has 0 saturated carbocycles. The van der Waals surface area contributed by atoms with E-state index in [4.69, 9.17) is 5.73 Å². The molecule has 0 aromatic heterocycles. The number of nitrogens with zero attached hydrogens (tertiary/aromatic N) is 1. The lowest BCUT2D eigenvalue weighted by Gasteiger charge is -2.12. The summed E-state index contributed by atoms with van der Waals surface area (Å²) in [4.78, 5) is 4.30. The van der Waals surface area contributed by atoms with Crippen molar-refractivity contribution in [2.24, 2.45) is 10.7 Å². The lowest BCUT2D eigenvalue weighted by Crippen LogP contribution is -2.36. The fourth-order valence-electron chi connectivity index (χ4n) is 1.79. The second-order valence-corrected chi connectivity index (χ2v) is 4.42. The fourth-order valence-corrected chi connectivity index (χ4v) is 1.79. The summed E-state index contributed by atoms with van der Waals surface area (Å²) in [6, 6.07) is 0.364. The number of hydrogen-bond donors (Lipinski definition) is 2. The largest absolute Gasteiger partial charge is 0.370 e. The van der Waals surface area contributed by atoms with Crippen molar-refractivity contribution in [1.82, 2.24) is 5.32 Å². The number of guanidine groups is 1. The Labute approximate surface area is 92.8 Å². The summed E-state index contributed by atoms with van der Waals surface area (Å²) in [6.07, 6.45) is 8.64. The summed E-state index contributed by atoms with van der Waals surface area (Å²) in [5.41, 5.74) is 7.27. The number of rotatable bonds is 4. The van der Waals surface area contributed by atoms with E-state index in [0.717, 1.165) is 13.0 Å². The van der Waals surface area contributed by atoms with Crippen LogP contribution in [0, 0.1) is 0 Å². The summed E-state index contributed by atoms with van der Waals surface area (Å²) < 4.78 is 0. The van der Waals surface area contributed by atoms with Gasteiger partial charge in [-0.05, 0) is 46.0 Å². The van der Waals surface area contributed by atoms with Crippen molar-refractivity contribution in [3.63, 3.8) is 0 Å². The molecule has 86 valence electrons. The molecule has 1 aliphatic rings. The van der Waals surface area contributed by atoms with Gasteiger partial charge in [-0.1, -0.05) is 11.6 Å². The average Bonchev–Trinajstić information content (AvgIpc) is 2.18. The number of aliphatic imine (C=N–C) groups is 1. The third-order valence-electron chi connectivity index (χ3n) is 2.54. The second kappa shape index (κ2) is 6.49. The van der Waals surface area contributed by atoms with E-state index in [0.29, 0.717) is 12.0 Å². The molecule has 0 amide bonds. The summed E-state index contributed by atoms with van der Waals surface area (Å²) in [5.74, 6) is 0.571. The van der Waals surface area contributed by atoms with Crippen molar-refractivity contribution in [1.29, 1.82) is 0 Å². The predicted molar refractivity (Wildman–Crippen MR) is 65.9 cm³/mol. The van der Waals surface area contributed by atoms with Crippen LogP contribution in [-0.4, -0.2) is 18.5 Å². The van der Waals surface area contributed by atoms with Gasteiger partial charge in [-0.25, -0.2) is 0 Å². The highest BCUT2D eigenvalue weighted by Crippen LogP contribution is 2.19. The molecule has 0 radical (unpaired) electrons. The van der Waals surface area contributed by atoms with E-state index in [1.54, 1.807) is 5.57 Å². The molecule has 0 heterocycles. The van der Waals surface area contributed by atoms with Gasteiger partial charge < -0.3 is 11.1 Å². The minimum absolute atomic E-state index is 0.364. The van der Waals surface area contributed by atoms with E-state index in [2.05, 4.69) is 30.2 Å². The Balaban J connectivity index is 2.22. The normalized spacial score (nSPS) is 17.8. The quantitative estimate of drug-likeness (QED) is 0.423. The lowest BCUT2D eigenvalue weighted by atomic mass is 9.97. The first-order chi connectivity index (χ1) is 7.18. The molecule has 0 atom stereocenters. The molecule has 0 fully saturated rings. The summed E-state index contributed by atoms with van der Waals surface area (Å²) in [7, 11) is 0. The molecular formula is C12H23N3. The van der Waals surface area contributed by atoms with Crippen LogP contribution in [0.5, 0.6) is 0 Å². The van der Waals surface area contributed by atoms with Crippen LogP contribution in [0.25, 0.3) is 0 Å². The van der Waals surface area contributed by atoms with Gasteiger partial charge in [-0.2, -0.15) is 0 Å². The Hall–Kier alpha value is -0.990. The zero-order valence-electron chi connectivity index (χ0n) is 9.92. The molecule has 0 bridgehead atoms. The van der Waals surface area contributed by atoms with Gasteiger partial charge in [0.25, 0.3) is 0 Å². The Kier molecular flexibility index (Phi) is 5.22. The van der Waals surface area contributed by atoms with Crippen LogP contribution in [0.15, 0.2) is 16.6 Å². The van der Waals surface area contributed by atoms with E-state index in [1.165, 1.54) is 25.7 Å². The van der Waals surface area contributed by atoms with Crippen molar-refractivity contribution < 1.29 is 0 Å². The Morgan fingerprint density at radius 3 is 2.93 bits per heavy atom. The number of nitrogens with one attached hydrogen (secondary N) is 1. The van der Waals surface area contributed by atoms with E-state index in [1.807, 2.05) is 0 Å². The van der Waals surface area contributed by atoms with Gasteiger partial charge in [0.2, 0.25) is 0 Å². The van der Waals surface area contributed by atoms with E-state index in [9.17, 15) is 0 Å². The first-order valence-corrected chi connectivity index (χ1v) is 5.93. The SMILES string of the molecule is CC(C)NC(N)=NCCC1=CCCCC1. The third-order valence-corrected chi connectivity index (χ3v) is 2.54. The van der Waals surface area contributed by atoms with Crippen molar-refractivity contribution in [3.8, 4) is 0 Å². The second-order valence-electron chi connectivity index (χ2n) is 4.42. The van der Waals surface area contributed by atoms with Crippen LogP contribution in [0.2, 0.25) is 0 Å². The summed E-state index contributed by atoms with van der Waals surface area (Å²) in [5, 5.41) is 3.09. The minimum atomic E-state index is 0.364. The van der Waals surface area contributed by atoms with Gasteiger partial charge in [0, 0.05) is 12.6 Å². The zero-order valence-corrected chi connectivity index (χ0v) is 9.92. The average molecular weight is 209 g/mol. The van der Waals surface area contributed by atoms with Crippen LogP contribution in [0.4, 0.5) is 0 Å². The zero-order chi connectivity index (χ0) is 11.1. The van der Waals surface area contributed by atoms with E-state index >= 15 is 0 Å². The molecule has 3 N–H and O–H groups in total. The predicted octanol–water partition coefficient (Wildman–Crippen LogP) is 2.19. The van der Waals surface area contributed by atoms with Crippen LogP contribution in [0.3, 0.4) is 0 Å². The monoisotopic (exact) mass is 209 g/mol. The fraction of sp³-hybridized carbons (Fsp3) is 0.750. The Bertz CT molecular complexity index is 241. The highest BCUT2D eigenvalue weighted by Gasteiger charge is 2.02. The maximum atomic E-state index is 5.71. The van der Waals surface area contributed by atoms with Crippen molar-refractivity contribution in [2.45, 2.75) is 52.0 Å². The smallest absolute Gasteiger partial charge is 0.188 e. The molecule has 3 nitrogen and oxygen atoms in total. The lowest BCUT2D eigenvalue weighted by molar-refractivity contribution is 0.674. The molecule has 0 unspecified atom stereocenters. The number of allylic oxidation sites excluding steroid dienone is 1. The van der Waals surface area contributed by atoms with Gasteiger partial charge in [0.05, 0.1) is 0 Å². The van der Waals surface area contributed by atoms with Crippen LogP contribution in [-0.2, 0) is 0 Å². The van der Waals surface area contributed by atoms with E-state index in [-0.39, 0.29) is 0 Å². The molecule has 1 aliphatic carbocycles. The highest BCUT2D eigenvalue weighted by molar-refractivity contribution is 5.78. The van der Waals surface area contributed by atoms with Gasteiger partial charge in [-0.15, -0.1) is 0 Å². The molecule has 0 saturated heterocycles. The first kappa shape index (κ1) is 12.1. The van der Waals surface area contributed by atoms with Crippen LogP contribution < -0.4 is 11.1 Å². The summed E-state index contributed by atoms with van der Waals surface area (Å²) in [6.45, 7) is 4.94. The van der Waals surface area contributed by atoms with Crippen molar-refractivity contribution >= 4 is 5.96 Å². The third kappa shape index (κ3) is 5.45. The standard InChI is InChI=1S/C12H23N3/c1-10(2)15-12(13)14-9-8-11-6-4-3-5-7-11/h6,10H,3-5,7-9H2,1-2H3,(H3,13,14,15). The molecule has 1 rings (SSSR count).